The van der Waals surface area contributed by atoms with E-state index in [4.69, 9.17) is 9.47 Å². The van der Waals surface area contributed by atoms with Gasteiger partial charge in [0.2, 0.25) is 5.88 Å². The number of fused-ring (bicyclic) bond motifs is 1. The summed E-state index contributed by atoms with van der Waals surface area (Å²) < 4.78 is 10.7. The zero-order chi connectivity index (χ0) is 14.7. The van der Waals surface area contributed by atoms with E-state index < -0.39 is 0 Å². The summed E-state index contributed by atoms with van der Waals surface area (Å²) in [5.74, 6) is 0.938. The van der Waals surface area contributed by atoms with Crippen molar-refractivity contribution in [2.75, 3.05) is 6.61 Å². The molecule has 0 amide bonds. The molecule has 0 saturated carbocycles. The largest absolute Gasteiger partial charge is 0.462 e. The molecule has 1 aromatic heterocycles. The number of carbonyl (C=O) groups is 1. The lowest BCUT2D eigenvalue weighted by Gasteiger charge is -2.07. The molecule has 0 atom stereocenters. The normalized spacial score (nSPS) is 12.8. The van der Waals surface area contributed by atoms with E-state index in [-0.39, 0.29) is 5.97 Å². The van der Waals surface area contributed by atoms with Crippen LogP contribution in [0.3, 0.4) is 0 Å². The van der Waals surface area contributed by atoms with Gasteiger partial charge in [-0.1, -0.05) is 6.07 Å². The highest BCUT2D eigenvalue weighted by Crippen LogP contribution is 2.25. The minimum Gasteiger partial charge on any atom is -0.462 e. The van der Waals surface area contributed by atoms with Gasteiger partial charge in [-0.05, 0) is 56.0 Å². The number of rotatable bonds is 4. The van der Waals surface area contributed by atoms with Crippen LogP contribution in [-0.2, 0) is 17.6 Å². The summed E-state index contributed by atoms with van der Waals surface area (Å²) in [5.41, 5.74) is 2.97. The van der Waals surface area contributed by atoms with E-state index in [1.807, 2.05) is 6.07 Å². The Labute approximate surface area is 123 Å². The van der Waals surface area contributed by atoms with Gasteiger partial charge in [-0.3, -0.25) is 0 Å². The molecule has 4 heteroatoms. The summed E-state index contributed by atoms with van der Waals surface area (Å²) >= 11 is 0. The van der Waals surface area contributed by atoms with Crippen LogP contribution in [0.5, 0.6) is 11.6 Å². The first-order valence-electron chi connectivity index (χ1n) is 7.20. The number of hydrogen-bond donors (Lipinski definition) is 0. The highest BCUT2D eigenvalue weighted by Gasteiger charge is 2.13. The zero-order valence-electron chi connectivity index (χ0n) is 12.0. The average Bonchev–Trinajstić information content (AvgIpc) is 2.96. The second kappa shape index (κ2) is 5.95. The van der Waals surface area contributed by atoms with E-state index in [1.165, 1.54) is 12.0 Å². The molecule has 21 heavy (non-hydrogen) atoms. The van der Waals surface area contributed by atoms with E-state index in [2.05, 4.69) is 11.1 Å². The van der Waals surface area contributed by atoms with E-state index in [0.717, 1.165) is 18.5 Å². The maximum absolute atomic E-state index is 11.6. The predicted molar refractivity (Wildman–Crippen MR) is 78.7 cm³/mol. The summed E-state index contributed by atoms with van der Waals surface area (Å²) in [7, 11) is 0. The average molecular weight is 283 g/mol. The van der Waals surface area contributed by atoms with Gasteiger partial charge in [0, 0.05) is 11.8 Å². The number of nitrogens with zero attached hydrogens (tertiary/aromatic N) is 1. The van der Waals surface area contributed by atoms with E-state index in [9.17, 15) is 4.79 Å². The Bertz CT molecular complexity index is 650. The molecule has 0 unspecified atom stereocenters. The van der Waals surface area contributed by atoms with Crippen molar-refractivity contribution in [1.29, 1.82) is 0 Å². The molecule has 0 aliphatic heterocycles. The Morgan fingerprint density at radius 1 is 1.14 bits per heavy atom. The molecule has 4 nitrogen and oxygen atoms in total. The van der Waals surface area contributed by atoms with Gasteiger partial charge in [-0.2, -0.15) is 0 Å². The molecule has 0 spiro atoms. The standard InChI is InChI=1S/C17H17NO3/c1-2-20-17(19)13-6-9-14(10-7-13)21-16-11-8-12-4-3-5-15(12)18-16/h6-11H,2-5H2,1H3. The number of esters is 1. The van der Waals surface area contributed by atoms with Gasteiger partial charge in [-0.15, -0.1) is 0 Å². The number of benzene rings is 1. The molecule has 1 aliphatic rings. The summed E-state index contributed by atoms with van der Waals surface area (Å²) in [4.78, 5) is 16.1. The quantitative estimate of drug-likeness (QED) is 0.805. The Kier molecular flexibility index (Phi) is 3.86. The fourth-order valence-corrected chi connectivity index (χ4v) is 2.45. The number of hydrogen-bond acceptors (Lipinski definition) is 4. The molecule has 1 aliphatic carbocycles. The molecule has 108 valence electrons. The molecule has 0 fully saturated rings. The molecule has 1 heterocycles. The number of aromatic nitrogens is 1. The first-order valence-corrected chi connectivity index (χ1v) is 7.20. The van der Waals surface area contributed by atoms with E-state index in [1.54, 1.807) is 31.2 Å². The predicted octanol–water partition coefficient (Wildman–Crippen LogP) is 3.54. The Hall–Kier alpha value is -2.36. The highest BCUT2D eigenvalue weighted by atomic mass is 16.5. The van der Waals surface area contributed by atoms with Crippen molar-refractivity contribution in [2.45, 2.75) is 26.2 Å². The smallest absolute Gasteiger partial charge is 0.338 e. The monoisotopic (exact) mass is 283 g/mol. The summed E-state index contributed by atoms with van der Waals surface area (Å²) in [6.07, 6.45) is 3.30. The number of carbonyl (C=O) groups excluding carboxylic acids is 1. The molecule has 0 bridgehead atoms. The maximum atomic E-state index is 11.6. The lowest BCUT2D eigenvalue weighted by molar-refractivity contribution is 0.0526. The van der Waals surface area contributed by atoms with Crippen LogP contribution in [0, 0.1) is 0 Å². The number of pyridine rings is 1. The van der Waals surface area contributed by atoms with Gasteiger partial charge in [0.25, 0.3) is 0 Å². The van der Waals surface area contributed by atoms with Crippen LogP contribution in [0.1, 0.15) is 35.0 Å². The molecular weight excluding hydrogens is 266 g/mol. The van der Waals surface area contributed by atoms with Crippen LogP contribution >= 0.6 is 0 Å². The van der Waals surface area contributed by atoms with Crippen molar-refractivity contribution in [3.05, 3.63) is 53.2 Å². The second-order valence-corrected chi connectivity index (χ2v) is 4.96. The van der Waals surface area contributed by atoms with Crippen molar-refractivity contribution in [3.8, 4) is 11.6 Å². The van der Waals surface area contributed by atoms with Crippen LogP contribution in [0.15, 0.2) is 36.4 Å². The molecule has 3 rings (SSSR count). The van der Waals surface area contributed by atoms with Gasteiger partial charge in [0.05, 0.1) is 12.2 Å². The van der Waals surface area contributed by atoms with E-state index in [0.29, 0.717) is 23.8 Å². The van der Waals surface area contributed by atoms with Gasteiger partial charge in [-0.25, -0.2) is 9.78 Å². The molecule has 2 aromatic rings. The zero-order valence-corrected chi connectivity index (χ0v) is 12.0. The number of ether oxygens (including phenoxy) is 2. The van der Waals surface area contributed by atoms with Gasteiger partial charge >= 0.3 is 5.97 Å². The molecule has 0 N–H and O–H groups in total. The first-order chi connectivity index (χ1) is 10.3. The SMILES string of the molecule is CCOC(=O)c1ccc(Oc2ccc3c(n2)CCC3)cc1. The summed E-state index contributed by atoms with van der Waals surface area (Å²) in [5, 5.41) is 0. The fourth-order valence-electron chi connectivity index (χ4n) is 2.45. The van der Waals surface area contributed by atoms with Gasteiger partial charge < -0.3 is 9.47 Å². The van der Waals surface area contributed by atoms with Crippen molar-refractivity contribution in [3.63, 3.8) is 0 Å². The van der Waals surface area contributed by atoms with Crippen LogP contribution < -0.4 is 4.74 Å². The number of aryl methyl sites for hydroxylation is 2. The van der Waals surface area contributed by atoms with Crippen LogP contribution in [0.4, 0.5) is 0 Å². The Balaban J connectivity index is 1.72. The van der Waals surface area contributed by atoms with Crippen LogP contribution in [-0.4, -0.2) is 17.6 Å². The third-order valence-electron chi connectivity index (χ3n) is 3.49. The highest BCUT2D eigenvalue weighted by molar-refractivity contribution is 5.89. The summed E-state index contributed by atoms with van der Waals surface area (Å²) in [6, 6.07) is 10.9. The fraction of sp³-hybridized carbons (Fsp3) is 0.294. The van der Waals surface area contributed by atoms with Crippen molar-refractivity contribution in [2.24, 2.45) is 0 Å². The molecule has 1 aromatic carbocycles. The third kappa shape index (κ3) is 3.05. The second-order valence-electron chi connectivity index (χ2n) is 4.96. The first kappa shape index (κ1) is 13.6. The molecule has 0 radical (unpaired) electrons. The summed E-state index contributed by atoms with van der Waals surface area (Å²) in [6.45, 7) is 2.16. The Morgan fingerprint density at radius 3 is 2.71 bits per heavy atom. The molecule has 0 saturated heterocycles. The van der Waals surface area contributed by atoms with Crippen LogP contribution in [0.25, 0.3) is 0 Å². The van der Waals surface area contributed by atoms with Gasteiger partial charge in [0.1, 0.15) is 5.75 Å². The third-order valence-corrected chi connectivity index (χ3v) is 3.49. The Morgan fingerprint density at radius 2 is 1.95 bits per heavy atom. The lowest BCUT2D eigenvalue weighted by atomic mass is 10.2. The minimum absolute atomic E-state index is 0.320. The minimum atomic E-state index is -0.320. The topological polar surface area (TPSA) is 48.4 Å². The maximum Gasteiger partial charge on any atom is 0.338 e. The van der Waals surface area contributed by atoms with Crippen molar-refractivity contribution in [1.82, 2.24) is 4.98 Å². The van der Waals surface area contributed by atoms with Crippen molar-refractivity contribution < 1.29 is 14.3 Å². The van der Waals surface area contributed by atoms with Crippen molar-refractivity contribution >= 4 is 5.97 Å². The van der Waals surface area contributed by atoms with E-state index >= 15 is 0 Å². The van der Waals surface area contributed by atoms with Crippen LogP contribution in [0.2, 0.25) is 0 Å². The van der Waals surface area contributed by atoms with Gasteiger partial charge in [0.15, 0.2) is 0 Å². The lowest BCUT2D eigenvalue weighted by Crippen LogP contribution is -2.04. The molecular formula is C17H17NO3.